The van der Waals surface area contributed by atoms with Crippen molar-refractivity contribution in [1.29, 1.82) is 0 Å². The van der Waals surface area contributed by atoms with E-state index in [4.69, 9.17) is 0 Å². The van der Waals surface area contributed by atoms with E-state index in [-0.39, 0.29) is 23.6 Å². The van der Waals surface area contributed by atoms with Gasteiger partial charge in [-0.15, -0.1) is 0 Å². The lowest BCUT2D eigenvalue weighted by Gasteiger charge is -2.27. The molecule has 7 nitrogen and oxygen atoms in total. The quantitative estimate of drug-likeness (QED) is 0.163. The summed E-state index contributed by atoms with van der Waals surface area (Å²) in [4.78, 5) is 40.8. The number of benzene rings is 4. The highest BCUT2D eigenvalue weighted by molar-refractivity contribution is 5.93. The summed E-state index contributed by atoms with van der Waals surface area (Å²) in [7, 11) is 0. The van der Waals surface area contributed by atoms with Crippen LogP contribution in [-0.4, -0.2) is 49.4 Å². The molecule has 2 atom stereocenters. The van der Waals surface area contributed by atoms with Crippen LogP contribution >= 0.6 is 0 Å². The van der Waals surface area contributed by atoms with Crippen LogP contribution in [0.1, 0.15) is 50.2 Å². The third-order valence-electron chi connectivity index (χ3n) is 8.56. The maximum absolute atomic E-state index is 14.0. The summed E-state index contributed by atoms with van der Waals surface area (Å²) in [5.74, 6) is -0.812. The molecule has 0 spiro atoms. The Bertz CT molecular complexity index is 1580. The van der Waals surface area contributed by atoms with Crippen molar-refractivity contribution >= 4 is 39.3 Å². The number of nitrogens with one attached hydrogen (secondary N) is 4. The molecule has 0 bridgehead atoms. The first-order chi connectivity index (χ1) is 21.5. The Labute approximate surface area is 260 Å². The molecule has 1 aliphatic heterocycles. The fraction of sp³-hybridized carbons (Fsp3) is 0.378. The number of rotatable bonds is 13. The van der Waals surface area contributed by atoms with Crippen LogP contribution in [0.5, 0.6) is 0 Å². The zero-order valence-corrected chi connectivity index (χ0v) is 25.6. The number of piperidine rings is 1. The fourth-order valence-electron chi connectivity index (χ4n) is 5.98. The number of unbranched alkanes of at least 4 members (excludes halogenated alkanes) is 2. The SMILES string of the molecule is CCCCCNC(=O)C(Cc1ccc2ccccc2c1)NC(=O)C(Cc1ccc2ccccc2c1)NC(=O)C1CCNCC1. The summed E-state index contributed by atoms with van der Waals surface area (Å²) in [6, 6.07) is 26.9. The second-order valence-electron chi connectivity index (χ2n) is 11.9. The molecule has 5 rings (SSSR count). The zero-order valence-electron chi connectivity index (χ0n) is 25.6. The highest BCUT2D eigenvalue weighted by atomic mass is 16.2. The van der Waals surface area contributed by atoms with E-state index in [1.807, 2.05) is 60.7 Å². The maximum Gasteiger partial charge on any atom is 0.243 e. The molecule has 0 aliphatic carbocycles. The molecule has 7 heteroatoms. The second-order valence-corrected chi connectivity index (χ2v) is 11.9. The summed E-state index contributed by atoms with van der Waals surface area (Å²) in [5, 5.41) is 16.8. The van der Waals surface area contributed by atoms with Crippen LogP contribution in [0.2, 0.25) is 0 Å². The highest BCUT2D eigenvalue weighted by Gasteiger charge is 2.30. The van der Waals surface area contributed by atoms with Crippen molar-refractivity contribution in [2.24, 2.45) is 5.92 Å². The molecular formula is C37H44N4O3. The van der Waals surface area contributed by atoms with Gasteiger partial charge in [-0.05, 0) is 65.0 Å². The van der Waals surface area contributed by atoms with Crippen molar-refractivity contribution < 1.29 is 14.4 Å². The van der Waals surface area contributed by atoms with Crippen LogP contribution in [-0.2, 0) is 27.2 Å². The number of amides is 3. The molecule has 44 heavy (non-hydrogen) atoms. The standard InChI is InChI=1S/C37H44N4O3/c1-2-3-8-19-39-36(43)33(24-26-13-15-28-9-4-6-11-31(28)22-26)41-37(44)34(40-35(42)30-17-20-38-21-18-30)25-27-14-16-29-10-5-7-12-32(29)23-27/h4-7,9-16,22-23,30,33-34,38H,2-3,8,17-21,24-25H2,1H3,(H,39,43)(H,40,42)(H,41,44). The van der Waals surface area contributed by atoms with Gasteiger partial charge in [0.1, 0.15) is 12.1 Å². The molecule has 3 amide bonds. The van der Waals surface area contributed by atoms with Crippen LogP contribution in [0.25, 0.3) is 21.5 Å². The van der Waals surface area contributed by atoms with Gasteiger partial charge < -0.3 is 21.3 Å². The maximum atomic E-state index is 14.0. The Balaban J connectivity index is 1.37. The van der Waals surface area contributed by atoms with E-state index in [2.05, 4.69) is 52.5 Å². The largest absolute Gasteiger partial charge is 0.354 e. The molecule has 0 aromatic heterocycles. The first-order valence-electron chi connectivity index (χ1n) is 16.0. The predicted octanol–water partition coefficient (Wildman–Crippen LogP) is 5.05. The average Bonchev–Trinajstić information content (AvgIpc) is 3.06. The Morgan fingerprint density at radius 2 is 1.25 bits per heavy atom. The van der Waals surface area contributed by atoms with E-state index in [0.29, 0.717) is 19.4 Å². The van der Waals surface area contributed by atoms with Gasteiger partial charge in [-0.2, -0.15) is 0 Å². The topological polar surface area (TPSA) is 99.3 Å². The minimum absolute atomic E-state index is 0.109. The Morgan fingerprint density at radius 1 is 0.705 bits per heavy atom. The molecule has 230 valence electrons. The molecule has 1 saturated heterocycles. The van der Waals surface area contributed by atoms with Gasteiger partial charge >= 0.3 is 0 Å². The number of hydrogen-bond acceptors (Lipinski definition) is 4. The predicted molar refractivity (Wildman–Crippen MR) is 177 cm³/mol. The van der Waals surface area contributed by atoms with Gasteiger partial charge in [-0.1, -0.05) is 105 Å². The van der Waals surface area contributed by atoms with Gasteiger partial charge in [0, 0.05) is 25.3 Å². The summed E-state index contributed by atoms with van der Waals surface area (Å²) >= 11 is 0. The molecule has 0 saturated carbocycles. The number of hydrogen-bond donors (Lipinski definition) is 4. The van der Waals surface area contributed by atoms with E-state index in [1.165, 1.54) is 0 Å². The van der Waals surface area contributed by atoms with Gasteiger partial charge in [-0.25, -0.2) is 0 Å². The summed E-state index contributed by atoms with van der Waals surface area (Å²) < 4.78 is 0. The monoisotopic (exact) mass is 592 g/mol. The van der Waals surface area contributed by atoms with E-state index in [9.17, 15) is 14.4 Å². The van der Waals surface area contributed by atoms with Crippen LogP contribution in [0.4, 0.5) is 0 Å². The zero-order chi connectivity index (χ0) is 30.7. The van der Waals surface area contributed by atoms with Gasteiger partial charge in [0.25, 0.3) is 0 Å². The van der Waals surface area contributed by atoms with E-state index in [0.717, 1.165) is 77.9 Å². The van der Waals surface area contributed by atoms with Crippen LogP contribution in [0.15, 0.2) is 84.9 Å². The number of fused-ring (bicyclic) bond motifs is 2. The molecule has 1 fully saturated rings. The van der Waals surface area contributed by atoms with Crippen molar-refractivity contribution in [2.75, 3.05) is 19.6 Å². The number of carbonyl (C=O) groups is 3. The first kappa shape index (κ1) is 31.2. The first-order valence-corrected chi connectivity index (χ1v) is 16.0. The molecule has 2 unspecified atom stereocenters. The highest BCUT2D eigenvalue weighted by Crippen LogP contribution is 2.19. The lowest BCUT2D eigenvalue weighted by atomic mass is 9.95. The minimum Gasteiger partial charge on any atom is -0.354 e. The van der Waals surface area contributed by atoms with Gasteiger partial charge in [0.15, 0.2) is 0 Å². The third kappa shape index (κ3) is 8.44. The fourth-order valence-corrected chi connectivity index (χ4v) is 5.98. The minimum atomic E-state index is -0.814. The van der Waals surface area contributed by atoms with Crippen molar-refractivity contribution in [3.05, 3.63) is 96.1 Å². The smallest absolute Gasteiger partial charge is 0.243 e. The molecular weight excluding hydrogens is 548 g/mol. The van der Waals surface area contributed by atoms with Gasteiger partial charge in [0.05, 0.1) is 0 Å². The van der Waals surface area contributed by atoms with Crippen molar-refractivity contribution in [3.63, 3.8) is 0 Å². The molecule has 1 aliphatic rings. The van der Waals surface area contributed by atoms with Crippen LogP contribution < -0.4 is 21.3 Å². The Kier molecular flexibility index (Phi) is 11.0. The summed E-state index contributed by atoms with van der Waals surface area (Å²) in [5.41, 5.74) is 1.91. The Morgan fingerprint density at radius 3 is 1.82 bits per heavy atom. The van der Waals surface area contributed by atoms with E-state index < -0.39 is 12.1 Å². The molecule has 4 N–H and O–H groups in total. The molecule has 4 aromatic rings. The lowest BCUT2D eigenvalue weighted by Crippen LogP contribution is -2.56. The average molecular weight is 593 g/mol. The normalized spacial score (nSPS) is 15.0. The third-order valence-corrected chi connectivity index (χ3v) is 8.56. The molecule has 1 heterocycles. The summed E-state index contributed by atoms with van der Waals surface area (Å²) in [6.45, 7) is 4.25. The van der Waals surface area contributed by atoms with E-state index >= 15 is 0 Å². The molecule has 4 aromatic carbocycles. The van der Waals surface area contributed by atoms with Gasteiger partial charge in [-0.3, -0.25) is 14.4 Å². The summed E-state index contributed by atoms with van der Waals surface area (Å²) in [6.07, 6.45) is 5.12. The van der Waals surface area contributed by atoms with Crippen molar-refractivity contribution in [3.8, 4) is 0 Å². The second kappa shape index (κ2) is 15.5. The molecule has 0 radical (unpaired) electrons. The Hall–Kier alpha value is -4.23. The van der Waals surface area contributed by atoms with Crippen molar-refractivity contribution in [1.82, 2.24) is 21.3 Å². The number of carbonyl (C=O) groups excluding carboxylic acids is 3. The lowest BCUT2D eigenvalue weighted by molar-refractivity contribution is -0.133. The van der Waals surface area contributed by atoms with E-state index in [1.54, 1.807) is 0 Å². The van der Waals surface area contributed by atoms with Gasteiger partial charge in [0.2, 0.25) is 17.7 Å². The van der Waals surface area contributed by atoms with Crippen LogP contribution in [0.3, 0.4) is 0 Å². The van der Waals surface area contributed by atoms with Crippen molar-refractivity contribution in [2.45, 2.75) is 64.0 Å². The van der Waals surface area contributed by atoms with Crippen LogP contribution in [0, 0.1) is 5.92 Å².